The van der Waals surface area contributed by atoms with Crippen LogP contribution in [0.4, 0.5) is 0 Å². The first kappa shape index (κ1) is 18.2. The molecule has 1 heterocycles. The fourth-order valence-corrected chi connectivity index (χ4v) is 2.63. The maximum Gasteiger partial charge on any atom is 0.188 e. The third-order valence-electron chi connectivity index (χ3n) is 3.86. The standard InChI is InChI=1S/C16H26N4.HI/c1-13-8-9-14(12-19-13)10-11-18-16(17)20-15-6-4-2-3-5-7-15;/h8-9,12,15H,2-7,10-11H2,1H3,(H3,17,18,20);1H. The Bertz CT molecular complexity index is 422. The third kappa shape index (κ3) is 7.11. The molecule has 0 amide bonds. The molecule has 0 atom stereocenters. The van der Waals surface area contributed by atoms with Crippen molar-refractivity contribution in [3.05, 3.63) is 29.6 Å². The Morgan fingerprint density at radius 2 is 2.00 bits per heavy atom. The molecule has 0 aromatic carbocycles. The molecule has 1 aliphatic rings. The molecule has 0 spiro atoms. The molecule has 1 aromatic heterocycles. The molecule has 4 nitrogen and oxygen atoms in total. The highest BCUT2D eigenvalue weighted by Crippen LogP contribution is 2.16. The zero-order chi connectivity index (χ0) is 14.2. The van der Waals surface area contributed by atoms with Gasteiger partial charge in [-0.25, -0.2) is 0 Å². The number of rotatable bonds is 4. The van der Waals surface area contributed by atoms with E-state index in [1.54, 1.807) is 0 Å². The maximum absolute atomic E-state index is 5.97. The number of aryl methyl sites for hydroxylation is 1. The summed E-state index contributed by atoms with van der Waals surface area (Å²) < 4.78 is 0. The summed E-state index contributed by atoms with van der Waals surface area (Å²) in [6, 6.07) is 4.65. The number of pyridine rings is 1. The van der Waals surface area contributed by atoms with Crippen molar-refractivity contribution in [1.29, 1.82) is 0 Å². The first-order valence-corrected chi connectivity index (χ1v) is 7.72. The van der Waals surface area contributed by atoms with E-state index in [4.69, 9.17) is 5.73 Å². The van der Waals surface area contributed by atoms with Crippen LogP contribution in [0.5, 0.6) is 0 Å². The quantitative estimate of drug-likeness (QED) is 0.352. The Labute approximate surface area is 145 Å². The molecular weight excluding hydrogens is 375 g/mol. The van der Waals surface area contributed by atoms with Crippen molar-refractivity contribution in [2.24, 2.45) is 10.7 Å². The lowest BCUT2D eigenvalue weighted by Crippen LogP contribution is -2.40. The summed E-state index contributed by atoms with van der Waals surface area (Å²) in [5.41, 5.74) is 8.22. The Kier molecular flexibility index (Phi) is 8.64. The van der Waals surface area contributed by atoms with Gasteiger partial charge in [-0.1, -0.05) is 31.7 Å². The number of hydrogen-bond donors (Lipinski definition) is 2. The number of nitrogens with zero attached hydrogens (tertiary/aromatic N) is 2. The van der Waals surface area contributed by atoms with Crippen molar-refractivity contribution in [2.45, 2.75) is 57.9 Å². The van der Waals surface area contributed by atoms with Crippen LogP contribution in [0.2, 0.25) is 0 Å². The van der Waals surface area contributed by atoms with Gasteiger partial charge in [0.1, 0.15) is 0 Å². The second-order valence-electron chi connectivity index (χ2n) is 5.66. The Morgan fingerprint density at radius 3 is 2.62 bits per heavy atom. The maximum atomic E-state index is 5.97. The first-order valence-electron chi connectivity index (χ1n) is 7.72. The van der Waals surface area contributed by atoms with E-state index in [-0.39, 0.29) is 24.0 Å². The van der Waals surface area contributed by atoms with Crippen LogP contribution in [0.1, 0.15) is 49.8 Å². The van der Waals surface area contributed by atoms with Crippen LogP contribution in [-0.4, -0.2) is 23.5 Å². The SMILES string of the molecule is Cc1ccc(CCN=C(N)NC2CCCCCC2)cn1.I. The zero-order valence-corrected chi connectivity index (χ0v) is 15.2. The topological polar surface area (TPSA) is 63.3 Å². The summed E-state index contributed by atoms with van der Waals surface area (Å²) in [7, 11) is 0. The van der Waals surface area contributed by atoms with Gasteiger partial charge >= 0.3 is 0 Å². The fraction of sp³-hybridized carbons (Fsp3) is 0.625. The summed E-state index contributed by atoms with van der Waals surface area (Å²) in [6.45, 7) is 2.72. The van der Waals surface area contributed by atoms with Gasteiger partial charge in [-0.05, 0) is 37.8 Å². The summed E-state index contributed by atoms with van der Waals surface area (Å²) in [6.07, 6.45) is 10.6. The van der Waals surface area contributed by atoms with Crippen molar-refractivity contribution in [3.63, 3.8) is 0 Å². The average Bonchev–Trinajstić information content (AvgIpc) is 2.70. The molecule has 0 saturated heterocycles. The predicted octanol–water partition coefficient (Wildman–Crippen LogP) is 3.18. The molecule has 1 saturated carbocycles. The molecule has 21 heavy (non-hydrogen) atoms. The minimum Gasteiger partial charge on any atom is -0.370 e. The van der Waals surface area contributed by atoms with Crippen LogP contribution >= 0.6 is 24.0 Å². The summed E-state index contributed by atoms with van der Waals surface area (Å²) >= 11 is 0. The normalized spacial score (nSPS) is 16.9. The Hall–Kier alpha value is -0.850. The molecule has 0 aliphatic heterocycles. The first-order chi connectivity index (χ1) is 9.74. The number of aromatic nitrogens is 1. The fourth-order valence-electron chi connectivity index (χ4n) is 2.63. The van der Waals surface area contributed by atoms with Gasteiger partial charge in [0, 0.05) is 24.5 Å². The Morgan fingerprint density at radius 1 is 1.29 bits per heavy atom. The largest absolute Gasteiger partial charge is 0.370 e. The third-order valence-corrected chi connectivity index (χ3v) is 3.86. The number of nitrogens with two attached hydrogens (primary N) is 1. The molecule has 0 radical (unpaired) electrons. The molecule has 118 valence electrons. The van der Waals surface area contributed by atoms with Gasteiger partial charge < -0.3 is 11.1 Å². The Balaban J connectivity index is 0.00000220. The molecule has 0 unspecified atom stereocenters. The van der Waals surface area contributed by atoms with E-state index in [2.05, 4.69) is 21.4 Å². The molecule has 0 bridgehead atoms. The van der Waals surface area contributed by atoms with Crippen molar-refractivity contribution in [1.82, 2.24) is 10.3 Å². The molecular formula is C16H27IN4. The van der Waals surface area contributed by atoms with E-state index < -0.39 is 0 Å². The van der Waals surface area contributed by atoms with Gasteiger partial charge in [0.05, 0.1) is 0 Å². The molecule has 1 aliphatic carbocycles. The van der Waals surface area contributed by atoms with Gasteiger partial charge in [0.15, 0.2) is 5.96 Å². The van der Waals surface area contributed by atoms with E-state index in [1.807, 2.05) is 19.2 Å². The average molecular weight is 402 g/mol. The van der Waals surface area contributed by atoms with Crippen LogP contribution < -0.4 is 11.1 Å². The summed E-state index contributed by atoms with van der Waals surface area (Å²) in [5.74, 6) is 0.594. The highest BCUT2D eigenvalue weighted by molar-refractivity contribution is 14.0. The number of guanidine groups is 1. The summed E-state index contributed by atoms with van der Waals surface area (Å²) in [5, 5.41) is 3.37. The number of nitrogens with one attached hydrogen (secondary N) is 1. The van der Waals surface area contributed by atoms with Crippen molar-refractivity contribution in [2.75, 3.05) is 6.54 Å². The second kappa shape index (κ2) is 9.97. The van der Waals surface area contributed by atoms with E-state index in [0.29, 0.717) is 12.0 Å². The summed E-state index contributed by atoms with van der Waals surface area (Å²) in [4.78, 5) is 8.71. The van der Waals surface area contributed by atoms with Crippen LogP contribution in [0.25, 0.3) is 0 Å². The minimum atomic E-state index is 0. The smallest absolute Gasteiger partial charge is 0.188 e. The van der Waals surface area contributed by atoms with Crippen molar-refractivity contribution < 1.29 is 0 Å². The van der Waals surface area contributed by atoms with Gasteiger partial charge in [-0.15, -0.1) is 24.0 Å². The van der Waals surface area contributed by atoms with Crippen LogP contribution in [0.15, 0.2) is 23.3 Å². The molecule has 2 rings (SSSR count). The van der Waals surface area contributed by atoms with E-state index in [0.717, 1.165) is 18.7 Å². The highest BCUT2D eigenvalue weighted by atomic mass is 127. The predicted molar refractivity (Wildman–Crippen MR) is 99.2 cm³/mol. The molecule has 1 aromatic rings. The molecule has 3 N–H and O–H groups in total. The zero-order valence-electron chi connectivity index (χ0n) is 12.8. The number of hydrogen-bond acceptors (Lipinski definition) is 2. The van der Waals surface area contributed by atoms with Crippen molar-refractivity contribution >= 4 is 29.9 Å². The van der Waals surface area contributed by atoms with Crippen LogP contribution in [0.3, 0.4) is 0 Å². The van der Waals surface area contributed by atoms with Gasteiger partial charge in [0.2, 0.25) is 0 Å². The molecule has 1 fully saturated rings. The van der Waals surface area contributed by atoms with E-state index >= 15 is 0 Å². The van der Waals surface area contributed by atoms with Gasteiger partial charge in [0.25, 0.3) is 0 Å². The second-order valence-corrected chi connectivity index (χ2v) is 5.66. The van der Waals surface area contributed by atoms with Crippen molar-refractivity contribution in [3.8, 4) is 0 Å². The van der Waals surface area contributed by atoms with Gasteiger partial charge in [-0.3, -0.25) is 9.98 Å². The van der Waals surface area contributed by atoms with Crippen LogP contribution in [-0.2, 0) is 6.42 Å². The molecule has 5 heteroatoms. The number of aliphatic imine (C=N–C) groups is 1. The van der Waals surface area contributed by atoms with Gasteiger partial charge in [-0.2, -0.15) is 0 Å². The van der Waals surface area contributed by atoms with E-state index in [9.17, 15) is 0 Å². The number of halogens is 1. The lowest BCUT2D eigenvalue weighted by Gasteiger charge is -2.16. The van der Waals surface area contributed by atoms with Crippen LogP contribution in [0, 0.1) is 6.92 Å². The lowest BCUT2D eigenvalue weighted by molar-refractivity contribution is 0.530. The monoisotopic (exact) mass is 402 g/mol. The van der Waals surface area contributed by atoms with E-state index in [1.165, 1.54) is 44.1 Å². The lowest BCUT2D eigenvalue weighted by atomic mass is 10.1. The highest BCUT2D eigenvalue weighted by Gasteiger charge is 2.11. The minimum absolute atomic E-state index is 0.